The maximum atomic E-state index is 6.22. The van der Waals surface area contributed by atoms with Crippen LogP contribution < -0.4 is 20.5 Å². The minimum Gasteiger partial charge on any atom is -0.493 e. The van der Waals surface area contributed by atoms with E-state index < -0.39 is 0 Å². The van der Waals surface area contributed by atoms with E-state index in [1.807, 2.05) is 12.1 Å². The standard InChI is InChI=1S/C19H24N2O2/c1-22-18-8-7-13(11-19(18)23-2)9-10-21-17-12-16(20)14-5-3-4-6-15(14)17/h3-8,11,16-17,21H,9-10,12,20H2,1-2H3. The van der Waals surface area contributed by atoms with Crippen LogP contribution in [0.5, 0.6) is 11.5 Å². The number of methoxy groups -OCH3 is 2. The highest BCUT2D eigenvalue weighted by Gasteiger charge is 2.27. The third-order valence-electron chi connectivity index (χ3n) is 4.51. The second kappa shape index (κ2) is 7.02. The van der Waals surface area contributed by atoms with Crippen LogP contribution in [0.1, 0.15) is 35.2 Å². The van der Waals surface area contributed by atoms with Gasteiger partial charge in [-0.3, -0.25) is 0 Å². The van der Waals surface area contributed by atoms with Crippen LogP contribution in [0.4, 0.5) is 0 Å². The molecule has 0 spiro atoms. The quantitative estimate of drug-likeness (QED) is 0.861. The Balaban J connectivity index is 1.60. The van der Waals surface area contributed by atoms with Crippen molar-refractivity contribution in [3.05, 3.63) is 59.2 Å². The van der Waals surface area contributed by atoms with Crippen LogP contribution in [0.2, 0.25) is 0 Å². The number of nitrogens with two attached hydrogens (primary N) is 1. The first-order valence-corrected chi connectivity index (χ1v) is 8.01. The average Bonchev–Trinajstić information content (AvgIpc) is 2.91. The van der Waals surface area contributed by atoms with Gasteiger partial charge in [0.05, 0.1) is 14.2 Å². The zero-order valence-electron chi connectivity index (χ0n) is 13.7. The van der Waals surface area contributed by atoms with Gasteiger partial charge in [0, 0.05) is 12.1 Å². The molecule has 1 aliphatic carbocycles. The summed E-state index contributed by atoms with van der Waals surface area (Å²) in [7, 11) is 3.32. The summed E-state index contributed by atoms with van der Waals surface area (Å²) in [6.07, 6.45) is 1.90. The van der Waals surface area contributed by atoms with E-state index in [-0.39, 0.29) is 6.04 Å². The Bertz CT molecular complexity index is 672. The fourth-order valence-corrected chi connectivity index (χ4v) is 3.29. The molecule has 4 heteroatoms. The molecule has 0 saturated carbocycles. The summed E-state index contributed by atoms with van der Waals surface area (Å²) >= 11 is 0. The predicted molar refractivity (Wildman–Crippen MR) is 92.0 cm³/mol. The van der Waals surface area contributed by atoms with Crippen LogP contribution in [-0.4, -0.2) is 20.8 Å². The number of fused-ring (bicyclic) bond motifs is 1. The Morgan fingerprint density at radius 2 is 1.78 bits per heavy atom. The molecule has 0 fully saturated rings. The lowest BCUT2D eigenvalue weighted by Crippen LogP contribution is -2.22. The fraction of sp³-hybridized carbons (Fsp3) is 0.368. The maximum Gasteiger partial charge on any atom is 0.160 e. The van der Waals surface area contributed by atoms with Gasteiger partial charge in [-0.15, -0.1) is 0 Å². The van der Waals surface area contributed by atoms with Gasteiger partial charge in [0.25, 0.3) is 0 Å². The molecule has 0 radical (unpaired) electrons. The number of hydrogen-bond acceptors (Lipinski definition) is 4. The summed E-state index contributed by atoms with van der Waals surface area (Å²) in [6.45, 7) is 0.904. The Hall–Kier alpha value is -2.04. The minimum atomic E-state index is 0.143. The Kier molecular flexibility index (Phi) is 4.84. The first kappa shape index (κ1) is 15.8. The summed E-state index contributed by atoms with van der Waals surface area (Å²) < 4.78 is 10.6. The average molecular weight is 312 g/mol. The molecule has 1 aliphatic rings. The first-order valence-electron chi connectivity index (χ1n) is 8.01. The van der Waals surface area contributed by atoms with E-state index in [1.165, 1.54) is 16.7 Å². The van der Waals surface area contributed by atoms with Crippen molar-refractivity contribution in [2.45, 2.75) is 24.9 Å². The monoisotopic (exact) mass is 312 g/mol. The lowest BCUT2D eigenvalue weighted by atomic mass is 10.1. The van der Waals surface area contributed by atoms with Gasteiger partial charge in [0.2, 0.25) is 0 Å². The number of rotatable bonds is 6. The number of hydrogen-bond donors (Lipinski definition) is 2. The zero-order valence-corrected chi connectivity index (χ0v) is 13.7. The molecule has 0 amide bonds. The fourth-order valence-electron chi connectivity index (χ4n) is 3.29. The molecule has 2 aromatic rings. The Labute approximate surface area is 137 Å². The normalized spacial score (nSPS) is 19.4. The van der Waals surface area contributed by atoms with Crippen molar-refractivity contribution in [1.29, 1.82) is 0 Å². The molecule has 0 bridgehead atoms. The van der Waals surface area contributed by atoms with Crippen molar-refractivity contribution >= 4 is 0 Å². The van der Waals surface area contributed by atoms with E-state index in [0.29, 0.717) is 6.04 Å². The van der Waals surface area contributed by atoms with Gasteiger partial charge in [-0.25, -0.2) is 0 Å². The molecule has 3 rings (SSSR count). The van der Waals surface area contributed by atoms with E-state index >= 15 is 0 Å². The van der Waals surface area contributed by atoms with Gasteiger partial charge in [0.1, 0.15) is 0 Å². The summed E-state index contributed by atoms with van der Waals surface area (Å²) in [5.74, 6) is 1.54. The largest absolute Gasteiger partial charge is 0.493 e. The molecule has 122 valence electrons. The van der Waals surface area contributed by atoms with Crippen LogP contribution >= 0.6 is 0 Å². The molecular weight excluding hydrogens is 288 g/mol. The third-order valence-corrected chi connectivity index (χ3v) is 4.51. The van der Waals surface area contributed by atoms with Gasteiger partial charge in [-0.2, -0.15) is 0 Å². The lowest BCUT2D eigenvalue weighted by Gasteiger charge is -2.15. The van der Waals surface area contributed by atoms with Crippen molar-refractivity contribution < 1.29 is 9.47 Å². The number of ether oxygens (including phenoxy) is 2. The van der Waals surface area contributed by atoms with Crippen LogP contribution in [0.3, 0.4) is 0 Å². The predicted octanol–water partition coefficient (Wildman–Crippen LogP) is 2.98. The molecule has 0 aliphatic heterocycles. The maximum absolute atomic E-state index is 6.22. The first-order chi connectivity index (χ1) is 11.2. The highest BCUT2D eigenvalue weighted by molar-refractivity contribution is 5.43. The molecule has 4 nitrogen and oxygen atoms in total. The molecule has 23 heavy (non-hydrogen) atoms. The Morgan fingerprint density at radius 1 is 1.04 bits per heavy atom. The third kappa shape index (κ3) is 3.33. The van der Waals surface area contributed by atoms with Gasteiger partial charge < -0.3 is 20.5 Å². The van der Waals surface area contributed by atoms with Crippen LogP contribution in [0.15, 0.2) is 42.5 Å². The smallest absolute Gasteiger partial charge is 0.160 e. The molecule has 0 saturated heterocycles. The van der Waals surface area contributed by atoms with Crippen LogP contribution in [-0.2, 0) is 6.42 Å². The summed E-state index contributed by atoms with van der Waals surface area (Å²) in [6, 6.07) is 15.0. The van der Waals surface area contributed by atoms with Crippen LogP contribution in [0, 0.1) is 0 Å². The van der Waals surface area contributed by atoms with Crippen molar-refractivity contribution in [2.75, 3.05) is 20.8 Å². The molecular formula is C19H24N2O2. The van der Waals surface area contributed by atoms with Crippen molar-refractivity contribution in [1.82, 2.24) is 5.32 Å². The molecule has 2 aromatic carbocycles. The SMILES string of the molecule is COc1ccc(CCNC2CC(N)c3ccccc32)cc1OC. The number of nitrogens with one attached hydrogen (secondary N) is 1. The van der Waals surface area contributed by atoms with E-state index in [1.54, 1.807) is 14.2 Å². The lowest BCUT2D eigenvalue weighted by molar-refractivity contribution is 0.354. The van der Waals surface area contributed by atoms with E-state index in [9.17, 15) is 0 Å². The zero-order chi connectivity index (χ0) is 16.2. The topological polar surface area (TPSA) is 56.5 Å². The molecule has 2 unspecified atom stereocenters. The molecule has 0 aromatic heterocycles. The second-order valence-corrected chi connectivity index (χ2v) is 5.92. The summed E-state index contributed by atoms with van der Waals surface area (Å²) in [5.41, 5.74) is 10.1. The van der Waals surface area contributed by atoms with Gasteiger partial charge in [-0.1, -0.05) is 30.3 Å². The summed E-state index contributed by atoms with van der Waals surface area (Å²) in [4.78, 5) is 0. The van der Waals surface area contributed by atoms with Crippen molar-refractivity contribution in [3.63, 3.8) is 0 Å². The van der Waals surface area contributed by atoms with Gasteiger partial charge in [-0.05, 0) is 48.2 Å². The van der Waals surface area contributed by atoms with Crippen LogP contribution in [0.25, 0.3) is 0 Å². The van der Waals surface area contributed by atoms with Gasteiger partial charge in [0.15, 0.2) is 11.5 Å². The molecule has 0 heterocycles. The van der Waals surface area contributed by atoms with E-state index in [0.717, 1.165) is 30.9 Å². The second-order valence-electron chi connectivity index (χ2n) is 5.92. The van der Waals surface area contributed by atoms with Crippen molar-refractivity contribution in [2.24, 2.45) is 5.73 Å². The van der Waals surface area contributed by atoms with E-state index in [2.05, 4.69) is 35.6 Å². The minimum absolute atomic E-state index is 0.143. The highest BCUT2D eigenvalue weighted by atomic mass is 16.5. The summed E-state index contributed by atoms with van der Waals surface area (Å²) in [5, 5.41) is 3.63. The highest BCUT2D eigenvalue weighted by Crippen LogP contribution is 2.36. The van der Waals surface area contributed by atoms with Gasteiger partial charge >= 0.3 is 0 Å². The Morgan fingerprint density at radius 3 is 2.52 bits per heavy atom. The number of benzene rings is 2. The molecule has 2 atom stereocenters. The van der Waals surface area contributed by atoms with E-state index in [4.69, 9.17) is 15.2 Å². The van der Waals surface area contributed by atoms with Crippen molar-refractivity contribution in [3.8, 4) is 11.5 Å². The molecule has 3 N–H and O–H groups in total.